The van der Waals surface area contributed by atoms with Crippen molar-refractivity contribution in [2.45, 2.75) is 0 Å². The average Bonchev–Trinajstić information content (AvgIpc) is 2.58. The van der Waals surface area contributed by atoms with Gasteiger partial charge in [0.25, 0.3) is 0 Å². The number of halogens is 3. The third-order valence-electron chi connectivity index (χ3n) is 1.73. The second-order valence-corrected chi connectivity index (χ2v) is 2.81. The van der Waals surface area contributed by atoms with Crippen LogP contribution in [0.5, 0.6) is 0 Å². The zero-order chi connectivity index (χ0) is 11.0. The van der Waals surface area contributed by atoms with Crippen LogP contribution < -0.4 is 5.73 Å². The standard InChI is InChI=1S/C8H5F3N4/c9-4-1-5(10)8(11)6(2-4)15-3-7(12)13-14-15/h1-3H,12H2. The summed E-state index contributed by atoms with van der Waals surface area (Å²) in [6.45, 7) is 0. The lowest BCUT2D eigenvalue weighted by Gasteiger charge is -2.02. The van der Waals surface area contributed by atoms with Crippen LogP contribution in [0.4, 0.5) is 19.0 Å². The number of anilines is 1. The lowest BCUT2D eigenvalue weighted by atomic mass is 10.3. The highest BCUT2D eigenvalue weighted by molar-refractivity contribution is 5.36. The number of nitrogens with zero attached hydrogens (tertiary/aromatic N) is 3. The average molecular weight is 214 g/mol. The van der Waals surface area contributed by atoms with Crippen molar-refractivity contribution < 1.29 is 13.2 Å². The van der Waals surface area contributed by atoms with E-state index in [1.165, 1.54) is 0 Å². The number of hydrogen-bond donors (Lipinski definition) is 1. The zero-order valence-electron chi connectivity index (χ0n) is 7.28. The molecule has 0 unspecified atom stereocenters. The van der Waals surface area contributed by atoms with Crippen molar-refractivity contribution in [3.05, 3.63) is 35.8 Å². The molecule has 0 atom stereocenters. The van der Waals surface area contributed by atoms with Crippen LogP contribution in [0.3, 0.4) is 0 Å². The first-order valence-electron chi connectivity index (χ1n) is 3.90. The molecule has 0 aliphatic heterocycles. The van der Waals surface area contributed by atoms with E-state index < -0.39 is 17.5 Å². The van der Waals surface area contributed by atoms with E-state index in [0.717, 1.165) is 16.9 Å². The Hall–Kier alpha value is -2.05. The fraction of sp³-hybridized carbons (Fsp3) is 0. The molecule has 0 spiro atoms. The van der Waals surface area contributed by atoms with E-state index in [9.17, 15) is 13.2 Å². The van der Waals surface area contributed by atoms with Gasteiger partial charge in [0.15, 0.2) is 17.5 Å². The largest absolute Gasteiger partial charge is 0.381 e. The molecular weight excluding hydrogens is 209 g/mol. The van der Waals surface area contributed by atoms with Gasteiger partial charge in [0.2, 0.25) is 0 Å². The van der Waals surface area contributed by atoms with Gasteiger partial charge in [0, 0.05) is 12.1 Å². The fourth-order valence-corrected chi connectivity index (χ4v) is 1.10. The van der Waals surface area contributed by atoms with Gasteiger partial charge >= 0.3 is 0 Å². The first kappa shape index (κ1) is 9.50. The minimum absolute atomic E-state index is 0.0269. The van der Waals surface area contributed by atoms with Crippen molar-refractivity contribution in [2.75, 3.05) is 5.73 Å². The van der Waals surface area contributed by atoms with Gasteiger partial charge in [-0.3, -0.25) is 0 Å². The van der Waals surface area contributed by atoms with Gasteiger partial charge in [-0.2, -0.15) is 0 Å². The van der Waals surface area contributed by atoms with Gasteiger partial charge in [-0.15, -0.1) is 5.10 Å². The molecule has 0 bridgehead atoms. The second-order valence-electron chi connectivity index (χ2n) is 2.81. The number of benzene rings is 1. The van der Waals surface area contributed by atoms with Crippen LogP contribution in [0.25, 0.3) is 5.69 Å². The molecule has 4 nitrogen and oxygen atoms in total. The monoisotopic (exact) mass is 214 g/mol. The molecule has 2 N–H and O–H groups in total. The van der Waals surface area contributed by atoms with E-state index in [-0.39, 0.29) is 11.5 Å². The Morgan fingerprint density at radius 2 is 1.93 bits per heavy atom. The molecule has 2 rings (SSSR count). The summed E-state index contributed by atoms with van der Waals surface area (Å²) in [5.41, 5.74) is 4.86. The summed E-state index contributed by atoms with van der Waals surface area (Å²) in [5.74, 6) is -3.38. The van der Waals surface area contributed by atoms with Crippen molar-refractivity contribution in [2.24, 2.45) is 0 Å². The summed E-state index contributed by atoms with van der Waals surface area (Å²) in [5, 5.41) is 6.77. The molecule has 0 amide bonds. The molecule has 78 valence electrons. The lowest BCUT2D eigenvalue weighted by Crippen LogP contribution is -2.02. The van der Waals surface area contributed by atoms with Gasteiger partial charge in [0.1, 0.15) is 11.5 Å². The van der Waals surface area contributed by atoms with E-state index in [1.807, 2.05) is 0 Å². The van der Waals surface area contributed by atoms with Crippen molar-refractivity contribution in [3.8, 4) is 5.69 Å². The third-order valence-corrected chi connectivity index (χ3v) is 1.73. The van der Waals surface area contributed by atoms with Gasteiger partial charge in [-0.25, -0.2) is 17.9 Å². The highest BCUT2D eigenvalue weighted by atomic mass is 19.2. The number of nitrogen functional groups attached to an aromatic ring is 1. The molecular formula is C8H5F3N4. The molecule has 2 aromatic rings. The van der Waals surface area contributed by atoms with Crippen molar-refractivity contribution in [1.82, 2.24) is 15.0 Å². The van der Waals surface area contributed by atoms with E-state index >= 15 is 0 Å². The highest BCUT2D eigenvalue weighted by Gasteiger charge is 2.13. The van der Waals surface area contributed by atoms with Crippen LogP contribution >= 0.6 is 0 Å². The molecule has 0 saturated heterocycles. The van der Waals surface area contributed by atoms with Crippen molar-refractivity contribution in [3.63, 3.8) is 0 Å². The van der Waals surface area contributed by atoms with E-state index in [1.54, 1.807) is 0 Å². The molecule has 0 saturated carbocycles. The van der Waals surface area contributed by atoms with Crippen LogP contribution in [0.2, 0.25) is 0 Å². The first-order valence-corrected chi connectivity index (χ1v) is 3.90. The summed E-state index contributed by atoms with van der Waals surface area (Å²) in [7, 11) is 0. The Morgan fingerprint density at radius 1 is 1.20 bits per heavy atom. The Bertz CT molecular complexity index is 509. The molecule has 1 aromatic heterocycles. The molecule has 15 heavy (non-hydrogen) atoms. The Kier molecular flexibility index (Phi) is 2.07. The highest BCUT2D eigenvalue weighted by Crippen LogP contribution is 2.17. The molecule has 0 radical (unpaired) electrons. The SMILES string of the molecule is Nc1cn(-c2cc(F)cc(F)c2F)nn1. The smallest absolute Gasteiger partial charge is 0.184 e. The Morgan fingerprint density at radius 3 is 2.53 bits per heavy atom. The van der Waals surface area contributed by atoms with Crippen molar-refractivity contribution in [1.29, 1.82) is 0 Å². The molecule has 1 aromatic carbocycles. The summed E-state index contributed by atoms with van der Waals surface area (Å²) < 4.78 is 39.7. The molecule has 0 aliphatic carbocycles. The molecule has 0 fully saturated rings. The van der Waals surface area contributed by atoms with E-state index in [0.29, 0.717) is 6.07 Å². The maximum Gasteiger partial charge on any atom is 0.184 e. The number of hydrogen-bond acceptors (Lipinski definition) is 3. The Labute approximate surface area is 82.1 Å². The maximum absolute atomic E-state index is 13.2. The molecule has 1 heterocycles. The second kappa shape index (κ2) is 3.26. The van der Waals surface area contributed by atoms with E-state index in [4.69, 9.17) is 5.73 Å². The number of nitrogens with two attached hydrogens (primary N) is 1. The molecule has 0 aliphatic rings. The number of aromatic nitrogens is 3. The minimum atomic E-state index is -1.29. The fourth-order valence-electron chi connectivity index (χ4n) is 1.10. The zero-order valence-corrected chi connectivity index (χ0v) is 7.28. The summed E-state index contributed by atoms with van der Waals surface area (Å²) in [6.07, 6.45) is 1.15. The van der Waals surface area contributed by atoms with Gasteiger partial charge in [-0.1, -0.05) is 5.21 Å². The van der Waals surface area contributed by atoms with Crippen LogP contribution in [-0.2, 0) is 0 Å². The van der Waals surface area contributed by atoms with E-state index in [2.05, 4.69) is 10.3 Å². The van der Waals surface area contributed by atoms with Gasteiger partial charge in [0.05, 0.1) is 6.20 Å². The first-order chi connectivity index (χ1) is 7.08. The normalized spacial score (nSPS) is 10.6. The Balaban J connectivity index is 2.62. The van der Waals surface area contributed by atoms with Crippen LogP contribution in [0.15, 0.2) is 18.3 Å². The predicted octanol–water partition coefficient (Wildman–Crippen LogP) is 1.27. The molecule has 7 heteroatoms. The van der Waals surface area contributed by atoms with Crippen LogP contribution in [-0.4, -0.2) is 15.0 Å². The van der Waals surface area contributed by atoms with Gasteiger partial charge < -0.3 is 5.73 Å². The van der Waals surface area contributed by atoms with Crippen molar-refractivity contribution >= 4 is 5.82 Å². The third kappa shape index (κ3) is 1.63. The van der Waals surface area contributed by atoms with Crippen LogP contribution in [0.1, 0.15) is 0 Å². The summed E-state index contributed by atoms with van der Waals surface area (Å²) in [4.78, 5) is 0. The minimum Gasteiger partial charge on any atom is -0.381 e. The maximum atomic E-state index is 13.2. The topological polar surface area (TPSA) is 56.7 Å². The predicted molar refractivity (Wildman–Crippen MR) is 45.6 cm³/mol. The van der Waals surface area contributed by atoms with Gasteiger partial charge in [-0.05, 0) is 0 Å². The summed E-state index contributed by atoms with van der Waals surface area (Å²) >= 11 is 0. The lowest BCUT2D eigenvalue weighted by molar-refractivity contribution is 0.487. The van der Waals surface area contributed by atoms with Crippen LogP contribution in [0, 0.1) is 17.5 Å². The number of rotatable bonds is 1. The quantitative estimate of drug-likeness (QED) is 0.727. The summed E-state index contributed by atoms with van der Waals surface area (Å²) in [6, 6.07) is 1.24.